The molecule has 6 aliphatic rings. The second-order valence-electron chi connectivity index (χ2n) is 11.9. The minimum atomic E-state index is 0. The third-order valence-electron chi connectivity index (χ3n) is 11.0. The molecule has 6 saturated carbocycles. The summed E-state index contributed by atoms with van der Waals surface area (Å²) in [5.74, 6) is 3.83. The van der Waals surface area contributed by atoms with Crippen molar-refractivity contribution in [3.8, 4) is 0 Å². The van der Waals surface area contributed by atoms with Gasteiger partial charge in [-0.1, -0.05) is 51.4 Å². The van der Waals surface area contributed by atoms with Crippen LogP contribution in [0.5, 0.6) is 0 Å². The van der Waals surface area contributed by atoms with Gasteiger partial charge in [-0.15, -0.1) is 24.8 Å². The lowest BCUT2D eigenvalue weighted by molar-refractivity contribution is 0.108. The zero-order valence-corrected chi connectivity index (χ0v) is 20.8. The average Bonchev–Trinajstić information content (AvgIpc) is 3.39. The van der Waals surface area contributed by atoms with E-state index in [1.54, 1.807) is 0 Å². The maximum Gasteiger partial charge on any atom is 0.0127 e. The summed E-state index contributed by atoms with van der Waals surface area (Å²) in [7, 11) is 0. The Morgan fingerprint density at radius 1 is 0.467 bits per heavy atom. The van der Waals surface area contributed by atoms with Gasteiger partial charge in [-0.2, -0.15) is 0 Å². The second kappa shape index (κ2) is 10.2. The van der Waals surface area contributed by atoms with Crippen molar-refractivity contribution in [1.29, 1.82) is 0 Å². The Morgan fingerprint density at radius 3 is 1.07 bits per heavy atom. The molecule has 4 bridgehead atoms. The summed E-state index contributed by atoms with van der Waals surface area (Å²) in [4.78, 5) is 0. The highest BCUT2D eigenvalue weighted by atomic mass is 35.5. The van der Waals surface area contributed by atoms with Crippen LogP contribution in [0.25, 0.3) is 0 Å². The summed E-state index contributed by atoms with van der Waals surface area (Å²) >= 11 is 0. The van der Waals surface area contributed by atoms with Crippen molar-refractivity contribution in [2.24, 2.45) is 46.0 Å². The van der Waals surface area contributed by atoms with E-state index in [1.807, 2.05) is 0 Å². The average molecular weight is 460 g/mol. The zero-order valence-electron chi connectivity index (χ0n) is 19.2. The van der Waals surface area contributed by atoms with Gasteiger partial charge in [0.25, 0.3) is 0 Å². The van der Waals surface area contributed by atoms with E-state index in [1.165, 1.54) is 116 Å². The number of fused-ring (bicyclic) bond motifs is 6. The van der Waals surface area contributed by atoms with E-state index in [-0.39, 0.29) is 24.8 Å². The summed E-state index contributed by atoms with van der Waals surface area (Å²) in [5.41, 5.74) is 14.2. The molecule has 6 rings (SSSR count). The Balaban J connectivity index is 0.000000160. The Labute approximate surface area is 198 Å². The highest BCUT2D eigenvalue weighted by molar-refractivity contribution is 5.85. The molecule has 0 radical (unpaired) electrons. The van der Waals surface area contributed by atoms with Crippen molar-refractivity contribution in [2.75, 3.05) is 0 Å². The van der Waals surface area contributed by atoms with Crippen LogP contribution >= 0.6 is 24.8 Å². The smallest absolute Gasteiger partial charge is 0.0127 e. The molecule has 30 heavy (non-hydrogen) atoms. The minimum Gasteiger partial charge on any atom is -0.327 e. The first kappa shape index (κ1) is 25.1. The van der Waals surface area contributed by atoms with Crippen LogP contribution in [-0.4, -0.2) is 12.1 Å². The van der Waals surface area contributed by atoms with Crippen LogP contribution in [0.2, 0.25) is 0 Å². The van der Waals surface area contributed by atoms with Crippen LogP contribution in [0.1, 0.15) is 116 Å². The van der Waals surface area contributed by atoms with Crippen LogP contribution in [0.4, 0.5) is 0 Å². The lowest BCUT2D eigenvalue weighted by atomic mass is 9.65. The number of hydrogen-bond donors (Lipinski definition) is 2. The molecule has 6 atom stereocenters. The first-order chi connectivity index (χ1) is 13.7. The molecule has 0 unspecified atom stereocenters. The molecule has 0 aromatic carbocycles. The third kappa shape index (κ3) is 4.10. The van der Waals surface area contributed by atoms with E-state index in [0.29, 0.717) is 22.9 Å². The van der Waals surface area contributed by atoms with Crippen molar-refractivity contribution >= 4 is 24.8 Å². The fraction of sp³-hybridized carbons (Fsp3) is 1.00. The van der Waals surface area contributed by atoms with Gasteiger partial charge in [0.05, 0.1) is 0 Å². The summed E-state index contributed by atoms with van der Waals surface area (Å²) in [5, 5.41) is 0. The topological polar surface area (TPSA) is 52.0 Å². The summed E-state index contributed by atoms with van der Waals surface area (Å²) in [6, 6.07) is 1.14. The number of nitrogens with two attached hydrogens (primary N) is 2. The highest BCUT2D eigenvalue weighted by Gasteiger charge is 2.56. The Bertz CT molecular complexity index is 481. The minimum absolute atomic E-state index is 0. The second-order valence-corrected chi connectivity index (χ2v) is 11.9. The SMILES string of the molecule is Cl.Cl.N[C@@H]1[C@@H]2CC[C@@H](C2)C12CCCCCC2.N[C@H]1[C@H]2CC[C@H](C2)C12CCCCCC2. The molecule has 0 amide bonds. The number of halogens is 2. The molecule has 0 aliphatic heterocycles. The highest BCUT2D eigenvalue weighted by Crippen LogP contribution is 2.61. The summed E-state index contributed by atoms with van der Waals surface area (Å²) in [6.07, 6.45) is 26.3. The Morgan fingerprint density at radius 2 is 0.800 bits per heavy atom. The van der Waals surface area contributed by atoms with Crippen LogP contribution in [0.15, 0.2) is 0 Å². The van der Waals surface area contributed by atoms with Crippen molar-refractivity contribution in [3.63, 3.8) is 0 Å². The van der Waals surface area contributed by atoms with Gasteiger partial charge in [0, 0.05) is 12.1 Å². The first-order valence-corrected chi connectivity index (χ1v) is 13.2. The quantitative estimate of drug-likeness (QED) is 0.409. The molecule has 0 heterocycles. The number of hydrogen-bond acceptors (Lipinski definition) is 2. The zero-order chi connectivity index (χ0) is 19.2. The molecular formula is C26H48Cl2N2. The summed E-state index contributed by atoms with van der Waals surface area (Å²) < 4.78 is 0. The largest absolute Gasteiger partial charge is 0.327 e. The molecule has 0 aromatic rings. The van der Waals surface area contributed by atoms with E-state index >= 15 is 0 Å². The van der Waals surface area contributed by atoms with Crippen LogP contribution in [-0.2, 0) is 0 Å². The molecule has 2 spiro atoms. The molecule has 176 valence electrons. The maximum absolute atomic E-state index is 6.50. The fourth-order valence-corrected chi connectivity index (χ4v) is 9.47. The van der Waals surface area contributed by atoms with Gasteiger partial charge in [-0.3, -0.25) is 0 Å². The van der Waals surface area contributed by atoms with Crippen LogP contribution in [0, 0.1) is 34.5 Å². The molecule has 4 N–H and O–H groups in total. The van der Waals surface area contributed by atoms with E-state index in [2.05, 4.69) is 0 Å². The van der Waals surface area contributed by atoms with Gasteiger partial charge in [0.15, 0.2) is 0 Å². The van der Waals surface area contributed by atoms with Gasteiger partial charge in [-0.25, -0.2) is 0 Å². The molecule has 6 fully saturated rings. The van der Waals surface area contributed by atoms with Gasteiger partial charge in [-0.05, 0) is 98.7 Å². The third-order valence-corrected chi connectivity index (χ3v) is 11.0. The maximum atomic E-state index is 6.50. The van der Waals surface area contributed by atoms with Crippen LogP contribution in [0.3, 0.4) is 0 Å². The van der Waals surface area contributed by atoms with Gasteiger partial charge in [0.2, 0.25) is 0 Å². The van der Waals surface area contributed by atoms with Crippen molar-refractivity contribution in [1.82, 2.24) is 0 Å². The van der Waals surface area contributed by atoms with E-state index in [0.717, 1.165) is 23.7 Å². The predicted octanol–water partition coefficient (Wildman–Crippen LogP) is 7.01. The van der Waals surface area contributed by atoms with Crippen LogP contribution < -0.4 is 11.5 Å². The lowest BCUT2D eigenvalue weighted by Crippen LogP contribution is -2.46. The molecule has 2 nitrogen and oxygen atoms in total. The van der Waals surface area contributed by atoms with Gasteiger partial charge in [0.1, 0.15) is 0 Å². The van der Waals surface area contributed by atoms with Crippen molar-refractivity contribution < 1.29 is 0 Å². The monoisotopic (exact) mass is 458 g/mol. The van der Waals surface area contributed by atoms with Crippen molar-refractivity contribution in [3.05, 3.63) is 0 Å². The fourth-order valence-electron chi connectivity index (χ4n) is 9.47. The molecule has 6 aliphatic carbocycles. The molecular weight excluding hydrogens is 411 g/mol. The van der Waals surface area contributed by atoms with Crippen molar-refractivity contribution in [2.45, 2.75) is 128 Å². The molecule has 0 aromatic heterocycles. The Kier molecular flexibility index (Phi) is 8.53. The van der Waals surface area contributed by atoms with E-state index in [4.69, 9.17) is 11.5 Å². The van der Waals surface area contributed by atoms with Gasteiger partial charge >= 0.3 is 0 Å². The lowest BCUT2D eigenvalue weighted by Gasteiger charge is -2.42. The summed E-state index contributed by atoms with van der Waals surface area (Å²) in [6.45, 7) is 0. The van der Waals surface area contributed by atoms with E-state index in [9.17, 15) is 0 Å². The first-order valence-electron chi connectivity index (χ1n) is 13.2. The Hall–Kier alpha value is 0.500. The van der Waals surface area contributed by atoms with Gasteiger partial charge < -0.3 is 11.5 Å². The normalized spacial score (nSPS) is 42.6. The molecule has 0 saturated heterocycles. The number of rotatable bonds is 0. The molecule has 4 heteroatoms. The standard InChI is InChI=1S/2C13H23N.2ClH/c2*14-12-10-5-6-11(9-10)13(12)7-3-1-2-4-8-13;;/h2*10-12H,1-9,14H2;2*1H/t2*10-,11+,12-;;/m10../s1. The van der Waals surface area contributed by atoms with E-state index < -0.39 is 0 Å². The predicted molar refractivity (Wildman–Crippen MR) is 132 cm³/mol.